The predicted molar refractivity (Wildman–Crippen MR) is 129 cm³/mol. The highest BCUT2D eigenvalue weighted by atomic mass is 19.1. The summed E-state index contributed by atoms with van der Waals surface area (Å²) in [5, 5.41) is 23.1. The maximum atomic E-state index is 13.7. The molecule has 2 aromatic carbocycles. The molecule has 0 fully saturated rings. The Hall–Kier alpha value is -3.17. The van der Waals surface area contributed by atoms with E-state index in [2.05, 4.69) is 22.0 Å². The van der Waals surface area contributed by atoms with Gasteiger partial charge in [0, 0.05) is 37.4 Å². The Morgan fingerprint density at radius 1 is 1.15 bits per heavy atom. The van der Waals surface area contributed by atoms with Gasteiger partial charge < -0.3 is 25.2 Å². The first-order valence-electron chi connectivity index (χ1n) is 11.3. The number of aromatic nitrogens is 2. The zero-order chi connectivity index (χ0) is 23.1. The summed E-state index contributed by atoms with van der Waals surface area (Å²) in [6.45, 7) is 3.46. The number of halogens is 1. The Morgan fingerprint density at radius 3 is 2.76 bits per heavy atom. The van der Waals surface area contributed by atoms with E-state index in [1.54, 1.807) is 12.1 Å². The number of hydrogen-bond donors (Lipinski definition) is 3. The molecule has 33 heavy (non-hydrogen) atoms. The van der Waals surface area contributed by atoms with E-state index in [0.29, 0.717) is 24.4 Å². The Balaban J connectivity index is 1.56. The second-order valence-corrected chi connectivity index (χ2v) is 8.82. The molecule has 2 aliphatic rings. The van der Waals surface area contributed by atoms with Crippen molar-refractivity contribution >= 4 is 35.9 Å². The fraction of sp³-hybridized carbons (Fsp3) is 0.333. The first kappa shape index (κ1) is 21.7. The molecule has 2 aliphatic heterocycles. The number of fused-ring (bicyclic) bond motifs is 2. The van der Waals surface area contributed by atoms with Gasteiger partial charge in [-0.05, 0) is 61.0 Å². The molecule has 0 spiro atoms. The van der Waals surface area contributed by atoms with Crippen LogP contribution in [-0.4, -0.2) is 46.8 Å². The van der Waals surface area contributed by atoms with E-state index in [1.807, 2.05) is 25.2 Å². The van der Waals surface area contributed by atoms with Crippen LogP contribution in [0.25, 0.3) is 0 Å². The molecule has 0 saturated heterocycles. The first-order valence-corrected chi connectivity index (χ1v) is 11.3. The summed E-state index contributed by atoms with van der Waals surface area (Å²) < 4.78 is 13.7. The van der Waals surface area contributed by atoms with Crippen LogP contribution in [0.15, 0.2) is 42.5 Å². The minimum Gasteiger partial charge on any atom is -0.423 e. The van der Waals surface area contributed by atoms with Crippen molar-refractivity contribution in [2.75, 3.05) is 28.7 Å². The van der Waals surface area contributed by atoms with Gasteiger partial charge in [-0.2, -0.15) is 9.97 Å². The lowest BCUT2D eigenvalue weighted by atomic mass is 9.76. The van der Waals surface area contributed by atoms with Gasteiger partial charge in [0.15, 0.2) is 0 Å². The summed E-state index contributed by atoms with van der Waals surface area (Å²) in [5.41, 5.74) is 4.22. The van der Waals surface area contributed by atoms with Crippen LogP contribution in [0.3, 0.4) is 0 Å². The average molecular weight is 447 g/mol. The van der Waals surface area contributed by atoms with E-state index >= 15 is 0 Å². The quantitative estimate of drug-likeness (QED) is 0.518. The molecule has 0 amide bonds. The lowest BCUT2D eigenvalue weighted by molar-refractivity contribution is 0.425. The molecular weight excluding hydrogens is 420 g/mol. The molecule has 9 heteroatoms. The third-order valence-corrected chi connectivity index (χ3v) is 6.49. The highest BCUT2D eigenvalue weighted by Crippen LogP contribution is 2.39. The smallest absolute Gasteiger partial charge is 0.423 e. The third-order valence-electron chi connectivity index (χ3n) is 6.49. The predicted octanol–water partition coefficient (Wildman–Crippen LogP) is 2.37. The second-order valence-electron chi connectivity index (χ2n) is 8.82. The molecule has 0 aliphatic carbocycles. The molecule has 3 heterocycles. The maximum absolute atomic E-state index is 13.7. The standard InChI is InChI=1S/C24H27BFN5O2/c1-15-12-19-20(25(32)33)9-4-10-21(19)31(15)24-28-22(18-8-5-11-30(2)23(18)29-24)27-14-16-6-3-7-17(26)13-16/h3-4,6-7,9-10,13,15,32-33H,5,8,11-12,14H2,1-2H3,(H,27,28,29). The first-order chi connectivity index (χ1) is 15.9. The molecule has 1 aromatic heterocycles. The molecule has 1 atom stereocenters. The minimum absolute atomic E-state index is 0.0583. The molecule has 3 aromatic rings. The largest absolute Gasteiger partial charge is 0.488 e. The van der Waals surface area contributed by atoms with Crippen molar-refractivity contribution in [3.63, 3.8) is 0 Å². The van der Waals surface area contributed by atoms with Crippen molar-refractivity contribution < 1.29 is 14.4 Å². The van der Waals surface area contributed by atoms with Gasteiger partial charge >= 0.3 is 7.12 Å². The SMILES string of the molecule is CC1Cc2c(B(O)O)cccc2N1c1nc(NCc2cccc(F)c2)c2c(n1)N(C)CCC2. The van der Waals surface area contributed by atoms with Gasteiger partial charge in [0.1, 0.15) is 17.5 Å². The third kappa shape index (κ3) is 4.02. The maximum Gasteiger partial charge on any atom is 0.488 e. The molecule has 7 nitrogen and oxygen atoms in total. The molecule has 1 unspecified atom stereocenters. The summed E-state index contributed by atoms with van der Waals surface area (Å²) in [7, 11) is 0.512. The van der Waals surface area contributed by atoms with Crippen LogP contribution in [0.5, 0.6) is 0 Å². The lowest BCUT2D eigenvalue weighted by Crippen LogP contribution is -2.32. The number of anilines is 4. The van der Waals surface area contributed by atoms with Gasteiger partial charge in [0.05, 0.1) is 0 Å². The van der Waals surface area contributed by atoms with Crippen LogP contribution in [-0.2, 0) is 19.4 Å². The average Bonchev–Trinajstić information content (AvgIpc) is 3.13. The second kappa shape index (κ2) is 8.65. The van der Waals surface area contributed by atoms with E-state index in [-0.39, 0.29) is 11.9 Å². The van der Waals surface area contributed by atoms with Crippen LogP contribution in [0.2, 0.25) is 0 Å². The zero-order valence-corrected chi connectivity index (χ0v) is 18.8. The lowest BCUT2D eigenvalue weighted by Gasteiger charge is -2.31. The Bertz CT molecular complexity index is 1190. The van der Waals surface area contributed by atoms with E-state index in [1.165, 1.54) is 12.1 Å². The monoisotopic (exact) mass is 447 g/mol. The molecular formula is C24H27BFN5O2. The number of nitrogens with one attached hydrogen (secondary N) is 1. The van der Waals surface area contributed by atoms with E-state index in [0.717, 1.165) is 53.4 Å². The molecule has 170 valence electrons. The van der Waals surface area contributed by atoms with Crippen molar-refractivity contribution in [1.29, 1.82) is 0 Å². The van der Waals surface area contributed by atoms with Crippen LogP contribution in [0.4, 0.5) is 27.7 Å². The summed E-state index contributed by atoms with van der Waals surface area (Å²) in [6.07, 6.45) is 2.56. The summed E-state index contributed by atoms with van der Waals surface area (Å²) in [5.74, 6) is 1.96. The van der Waals surface area contributed by atoms with Gasteiger partial charge in [-0.3, -0.25) is 0 Å². The summed E-state index contributed by atoms with van der Waals surface area (Å²) in [4.78, 5) is 14.1. The van der Waals surface area contributed by atoms with Crippen LogP contribution < -0.4 is 20.6 Å². The number of nitrogens with zero attached hydrogens (tertiary/aromatic N) is 4. The Kier molecular flexibility index (Phi) is 5.68. The van der Waals surface area contributed by atoms with E-state index < -0.39 is 7.12 Å². The van der Waals surface area contributed by atoms with Crippen molar-refractivity contribution in [3.05, 3.63) is 65.0 Å². The van der Waals surface area contributed by atoms with Gasteiger partial charge in [-0.1, -0.05) is 24.3 Å². The van der Waals surface area contributed by atoms with Crippen LogP contribution in [0.1, 0.15) is 30.0 Å². The number of hydrogen-bond acceptors (Lipinski definition) is 7. The van der Waals surface area contributed by atoms with Gasteiger partial charge in [0.25, 0.3) is 0 Å². The van der Waals surface area contributed by atoms with E-state index in [4.69, 9.17) is 9.97 Å². The molecule has 0 bridgehead atoms. The molecule has 3 N–H and O–H groups in total. The Labute approximate surface area is 193 Å². The minimum atomic E-state index is -1.52. The molecule has 5 rings (SSSR count). The highest BCUT2D eigenvalue weighted by molar-refractivity contribution is 6.59. The topological polar surface area (TPSA) is 84.8 Å². The molecule has 0 saturated carbocycles. The normalized spacial score (nSPS) is 17.1. The number of benzene rings is 2. The van der Waals surface area contributed by atoms with Crippen molar-refractivity contribution in [3.8, 4) is 0 Å². The van der Waals surface area contributed by atoms with Gasteiger partial charge in [0.2, 0.25) is 5.95 Å². The van der Waals surface area contributed by atoms with Crippen molar-refractivity contribution in [1.82, 2.24) is 9.97 Å². The fourth-order valence-corrected chi connectivity index (χ4v) is 4.90. The fourth-order valence-electron chi connectivity index (χ4n) is 4.90. The van der Waals surface area contributed by atoms with Crippen molar-refractivity contribution in [2.45, 2.75) is 38.8 Å². The summed E-state index contributed by atoms with van der Waals surface area (Å²) in [6, 6.07) is 12.1. The highest BCUT2D eigenvalue weighted by Gasteiger charge is 2.34. The molecule has 0 radical (unpaired) electrons. The van der Waals surface area contributed by atoms with E-state index in [9.17, 15) is 14.4 Å². The van der Waals surface area contributed by atoms with Gasteiger partial charge in [-0.25, -0.2) is 4.39 Å². The Morgan fingerprint density at radius 2 is 1.97 bits per heavy atom. The van der Waals surface area contributed by atoms with Crippen molar-refractivity contribution in [2.24, 2.45) is 0 Å². The van der Waals surface area contributed by atoms with Crippen LogP contribution >= 0.6 is 0 Å². The van der Waals surface area contributed by atoms with Gasteiger partial charge in [-0.15, -0.1) is 0 Å². The number of rotatable bonds is 5. The zero-order valence-electron chi connectivity index (χ0n) is 18.8. The van der Waals surface area contributed by atoms with Crippen LogP contribution in [0, 0.1) is 5.82 Å². The summed E-state index contributed by atoms with van der Waals surface area (Å²) >= 11 is 0.